The Balaban J connectivity index is 1.96. The fourth-order valence-corrected chi connectivity index (χ4v) is 2.50. The molecule has 1 saturated carbocycles. The van der Waals surface area contributed by atoms with E-state index in [9.17, 15) is 4.79 Å². The fourth-order valence-electron chi connectivity index (χ4n) is 2.50. The number of rotatable bonds is 8. The molecule has 0 bridgehead atoms. The lowest BCUT2D eigenvalue weighted by Crippen LogP contribution is -2.37. The van der Waals surface area contributed by atoms with Gasteiger partial charge in [-0.15, -0.1) is 0 Å². The van der Waals surface area contributed by atoms with Crippen molar-refractivity contribution >= 4 is 5.91 Å². The average molecular weight is 255 g/mol. The predicted octanol–water partition coefficient (Wildman–Crippen LogP) is 1.37. The lowest BCUT2D eigenvalue weighted by atomic mass is 10.2. The zero-order valence-corrected chi connectivity index (χ0v) is 12.2. The zero-order valence-electron chi connectivity index (χ0n) is 12.2. The van der Waals surface area contributed by atoms with E-state index in [0.29, 0.717) is 6.42 Å². The van der Waals surface area contributed by atoms with Gasteiger partial charge in [-0.2, -0.15) is 0 Å². The molecule has 1 aliphatic rings. The summed E-state index contributed by atoms with van der Waals surface area (Å²) in [5, 5.41) is 6.24. The average Bonchev–Trinajstić information content (AvgIpc) is 2.80. The molecule has 4 heteroatoms. The lowest BCUT2D eigenvalue weighted by molar-refractivity contribution is -0.121. The highest BCUT2D eigenvalue weighted by atomic mass is 16.1. The molecule has 1 amide bonds. The van der Waals surface area contributed by atoms with Gasteiger partial charge in [0, 0.05) is 38.1 Å². The Kier molecular flexibility index (Phi) is 7.28. The number of hydrogen-bond acceptors (Lipinski definition) is 3. The van der Waals surface area contributed by atoms with Gasteiger partial charge in [0.05, 0.1) is 0 Å². The van der Waals surface area contributed by atoms with Crippen LogP contribution in [0.4, 0.5) is 0 Å². The first kappa shape index (κ1) is 15.4. The number of carbonyl (C=O) groups excluding carboxylic acids is 1. The van der Waals surface area contributed by atoms with Gasteiger partial charge in [0.1, 0.15) is 0 Å². The lowest BCUT2D eigenvalue weighted by Gasteiger charge is -2.23. The molecule has 0 heterocycles. The first-order valence-electron chi connectivity index (χ1n) is 7.30. The summed E-state index contributed by atoms with van der Waals surface area (Å²) in [5.74, 6) is 0.140. The van der Waals surface area contributed by atoms with Crippen LogP contribution in [0.3, 0.4) is 0 Å². The topological polar surface area (TPSA) is 44.4 Å². The second-order valence-electron chi connectivity index (χ2n) is 5.64. The third kappa shape index (κ3) is 6.36. The van der Waals surface area contributed by atoms with Crippen LogP contribution in [-0.4, -0.2) is 49.6 Å². The summed E-state index contributed by atoms with van der Waals surface area (Å²) in [5.41, 5.74) is 0. The summed E-state index contributed by atoms with van der Waals surface area (Å²) in [7, 11) is 2.21. The Morgan fingerprint density at radius 1 is 1.28 bits per heavy atom. The molecule has 1 aliphatic carbocycles. The van der Waals surface area contributed by atoms with E-state index in [-0.39, 0.29) is 11.9 Å². The number of hydrogen-bond donors (Lipinski definition) is 2. The maximum Gasteiger partial charge on any atom is 0.221 e. The predicted molar refractivity (Wildman–Crippen MR) is 75.7 cm³/mol. The molecule has 1 rings (SSSR count). The van der Waals surface area contributed by atoms with Gasteiger partial charge in [-0.25, -0.2) is 0 Å². The van der Waals surface area contributed by atoms with Crippen molar-refractivity contribution in [1.82, 2.24) is 15.5 Å². The van der Waals surface area contributed by atoms with E-state index in [1.54, 1.807) is 0 Å². The normalized spacial score (nSPS) is 16.7. The smallest absolute Gasteiger partial charge is 0.221 e. The van der Waals surface area contributed by atoms with Gasteiger partial charge >= 0.3 is 0 Å². The van der Waals surface area contributed by atoms with E-state index in [1.807, 2.05) is 13.8 Å². The molecule has 0 radical (unpaired) electrons. The van der Waals surface area contributed by atoms with Gasteiger partial charge < -0.3 is 15.5 Å². The van der Waals surface area contributed by atoms with Gasteiger partial charge in [0.25, 0.3) is 0 Å². The van der Waals surface area contributed by atoms with E-state index in [1.165, 1.54) is 25.7 Å². The molecule has 1 fully saturated rings. The number of nitrogens with one attached hydrogen (secondary N) is 2. The van der Waals surface area contributed by atoms with Crippen molar-refractivity contribution in [3.8, 4) is 0 Å². The maximum atomic E-state index is 11.4. The summed E-state index contributed by atoms with van der Waals surface area (Å²) < 4.78 is 0. The molecule has 0 saturated heterocycles. The highest BCUT2D eigenvalue weighted by Gasteiger charge is 2.18. The van der Waals surface area contributed by atoms with Crippen LogP contribution in [0.2, 0.25) is 0 Å². The largest absolute Gasteiger partial charge is 0.354 e. The molecule has 0 aromatic rings. The Labute approximate surface area is 111 Å². The van der Waals surface area contributed by atoms with Crippen LogP contribution in [0.5, 0.6) is 0 Å². The van der Waals surface area contributed by atoms with Crippen molar-refractivity contribution < 1.29 is 4.79 Å². The summed E-state index contributed by atoms with van der Waals surface area (Å²) in [4.78, 5) is 13.9. The Morgan fingerprint density at radius 3 is 2.56 bits per heavy atom. The summed E-state index contributed by atoms with van der Waals surface area (Å²) in [6, 6.07) is 1.03. The first-order chi connectivity index (χ1) is 8.59. The van der Waals surface area contributed by atoms with Crippen LogP contribution in [0.25, 0.3) is 0 Å². The van der Waals surface area contributed by atoms with E-state index >= 15 is 0 Å². The molecule has 0 spiro atoms. The number of carbonyl (C=O) groups is 1. The van der Waals surface area contributed by atoms with Gasteiger partial charge in [-0.05, 0) is 33.7 Å². The highest BCUT2D eigenvalue weighted by molar-refractivity contribution is 5.76. The molecular weight excluding hydrogens is 226 g/mol. The van der Waals surface area contributed by atoms with Gasteiger partial charge in [-0.3, -0.25) is 4.79 Å². The third-order valence-electron chi connectivity index (χ3n) is 3.57. The van der Waals surface area contributed by atoms with Crippen LogP contribution in [-0.2, 0) is 4.79 Å². The van der Waals surface area contributed by atoms with Gasteiger partial charge in [0.15, 0.2) is 0 Å². The van der Waals surface area contributed by atoms with Crippen molar-refractivity contribution in [3.63, 3.8) is 0 Å². The summed E-state index contributed by atoms with van der Waals surface area (Å²) in [6.07, 6.45) is 6.06. The van der Waals surface area contributed by atoms with Crippen molar-refractivity contribution in [2.24, 2.45) is 0 Å². The molecule has 18 heavy (non-hydrogen) atoms. The highest BCUT2D eigenvalue weighted by Crippen LogP contribution is 2.21. The molecule has 0 aliphatic heterocycles. The van der Waals surface area contributed by atoms with Gasteiger partial charge in [0.2, 0.25) is 5.91 Å². The van der Waals surface area contributed by atoms with Crippen LogP contribution in [0.1, 0.15) is 46.0 Å². The van der Waals surface area contributed by atoms with Crippen molar-refractivity contribution in [1.29, 1.82) is 0 Å². The van der Waals surface area contributed by atoms with Crippen molar-refractivity contribution in [2.45, 2.75) is 58.0 Å². The summed E-state index contributed by atoms with van der Waals surface area (Å²) >= 11 is 0. The zero-order chi connectivity index (χ0) is 13.4. The second-order valence-corrected chi connectivity index (χ2v) is 5.64. The number of likely N-dealkylation sites (N-methyl/N-ethyl adjacent to an activating group) is 1. The molecule has 0 aromatic heterocycles. The minimum absolute atomic E-state index is 0.140. The number of amides is 1. The van der Waals surface area contributed by atoms with Crippen LogP contribution in [0.15, 0.2) is 0 Å². The standard InChI is InChI=1S/C14H29N3O/c1-12(2)16-14(18)8-9-15-10-11-17(3)13-6-4-5-7-13/h12-13,15H,4-11H2,1-3H3,(H,16,18). The molecule has 0 aromatic carbocycles. The Bertz CT molecular complexity index is 237. The number of nitrogens with zero attached hydrogens (tertiary/aromatic N) is 1. The molecular formula is C14H29N3O. The van der Waals surface area contributed by atoms with E-state index in [2.05, 4.69) is 22.6 Å². The molecule has 4 nitrogen and oxygen atoms in total. The van der Waals surface area contributed by atoms with Crippen LogP contribution >= 0.6 is 0 Å². The fraction of sp³-hybridized carbons (Fsp3) is 0.929. The first-order valence-corrected chi connectivity index (χ1v) is 7.30. The molecule has 106 valence electrons. The molecule has 2 N–H and O–H groups in total. The van der Waals surface area contributed by atoms with E-state index < -0.39 is 0 Å². The summed E-state index contributed by atoms with van der Waals surface area (Å²) in [6.45, 7) is 6.80. The molecule has 0 unspecified atom stereocenters. The quantitative estimate of drug-likeness (QED) is 0.644. The SMILES string of the molecule is CC(C)NC(=O)CCNCCN(C)C1CCCC1. The van der Waals surface area contributed by atoms with Crippen molar-refractivity contribution in [2.75, 3.05) is 26.7 Å². The van der Waals surface area contributed by atoms with E-state index in [4.69, 9.17) is 0 Å². The monoisotopic (exact) mass is 255 g/mol. The molecule has 0 atom stereocenters. The maximum absolute atomic E-state index is 11.4. The van der Waals surface area contributed by atoms with E-state index in [0.717, 1.165) is 25.7 Å². The minimum Gasteiger partial charge on any atom is -0.354 e. The van der Waals surface area contributed by atoms with Crippen LogP contribution in [0, 0.1) is 0 Å². The second kappa shape index (κ2) is 8.48. The van der Waals surface area contributed by atoms with Crippen molar-refractivity contribution in [3.05, 3.63) is 0 Å². The van der Waals surface area contributed by atoms with Gasteiger partial charge in [-0.1, -0.05) is 12.8 Å². The Hall–Kier alpha value is -0.610. The third-order valence-corrected chi connectivity index (χ3v) is 3.57. The van der Waals surface area contributed by atoms with Crippen LogP contribution < -0.4 is 10.6 Å². The minimum atomic E-state index is 0.140. The Morgan fingerprint density at radius 2 is 1.94 bits per heavy atom.